The molecule has 3 heterocycles. The predicted molar refractivity (Wildman–Crippen MR) is 97.4 cm³/mol. The van der Waals surface area contributed by atoms with Crippen LogP contribution < -0.4 is 10.1 Å². The van der Waals surface area contributed by atoms with Crippen molar-refractivity contribution in [1.29, 1.82) is 0 Å². The first-order valence-corrected chi connectivity index (χ1v) is 8.76. The first kappa shape index (κ1) is 16.5. The SMILES string of the molecule is CC1CC(Oc2ccc(-c3ccc(-n4cccn4)cc3O)nn2)CCN1. The van der Waals surface area contributed by atoms with Gasteiger partial charge in [0.05, 0.1) is 11.4 Å². The Bertz CT molecular complexity index is 864. The van der Waals surface area contributed by atoms with E-state index >= 15 is 0 Å². The number of phenols is 1. The van der Waals surface area contributed by atoms with E-state index < -0.39 is 0 Å². The average Bonchev–Trinajstić information content (AvgIpc) is 3.17. The van der Waals surface area contributed by atoms with E-state index in [1.165, 1.54) is 0 Å². The van der Waals surface area contributed by atoms with Crippen molar-refractivity contribution in [2.45, 2.75) is 31.9 Å². The van der Waals surface area contributed by atoms with Crippen LogP contribution in [0.5, 0.6) is 11.6 Å². The Morgan fingerprint density at radius 3 is 2.85 bits per heavy atom. The highest BCUT2D eigenvalue weighted by Gasteiger charge is 2.20. The van der Waals surface area contributed by atoms with E-state index in [-0.39, 0.29) is 11.9 Å². The topological polar surface area (TPSA) is 85.1 Å². The van der Waals surface area contributed by atoms with E-state index in [1.54, 1.807) is 23.0 Å². The van der Waals surface area contributed by atoms with Crippen LogP contribution in [0.25, 0.3) is 16.9 Å². The minimum atomic E-state index is 0.133. The predicted octanol–water partition coefficient (Wildman–Crippen LogP) is 2.55. The molecule has 3 aromatic rings. The molecule has 4 rings (SSSR count). The second-order valence-electron chi connectivity index (χ2n) is 6.53. The smallest absolute Gasteiger partial charge is 0.233 e. The van der Waals surface area contributed by atoms with Crippen molar-refractivity contribution in [2.75, 3.05) is 6.54 Å². The zero-order valence-electron chi connectivity index (χ0n) is 14.5. The van der Waals surface area contributed by atoms with Crippen LogP contribution in [-0.2, 0) is 0 Å². The van der Waals surface area contributed by atoms with E-state index in [1.807, 2.05) is 30.5 Å². The lowest BCUT2D eigenvalue weighted by Gasteiger charge is -2.27. The van der Waals surface area contributed by atoms with Crippen LogP contribution in [0.15, 0.2) is 48.8 Å². The van der Waals surface area contributed by atoms with Crippen LogP contribution in [0.1, 0.15) is 19.8 Å². The van der Waals surface area contributed by atoms with E-state index in [0.717, 1.165) is 25.1 Å². The summed E-state index contributed by atoms with van der Waals surface area (Å²) in [4.78, 5) is 0. The fourth-order valence-electron chi connectivity index (χ4n) is 3.19. The molecule has 1 aliphatic heterocycles. The average molecular weight is 351 g/mol. The van der Waals surface area contributed by atoms with Gasteiger partial charge in [-0.3, -0.25) is 0 Å². The molecule has 2 atom stereocenters. The first-order chi connectivity index (χ1) is 12.7. The third kappa shape index (κ3) is 3.52. The normalized spacial score (nSPS) is 20.0. The number of nitrogens with one attached hydrogen (secondary N) is 1. The molecule has 7 heteroatoms. The number of rotatable bonds is 4. The maximum absolute atomic E-state index is 10.4. The Morgan fingerprint density at radius 1 is 1.23 bits per heavy atom. The summed E-state index contributed by atoms with van der Waals surface area (Å²) in [6.07, 6.45) is 5.59. The van der Waals surface area contributed by atoms with Crippen LogP contribution in [0.4, 0.5) is 0 Å². The zero-order chi connectivity index (χ0) is 17.9. The van der Waals surface area contributed by atoms with Gasteiger partial charge < -0.3 is 15.2 Å². The van der Waals surface area contributed by atoms with E-state index in [9.17, 15) is 5.11 Å². The Hall–Kier alpha value is -2.93. The molecule has 1 aromatic carbocycles. The molecule has 1 saturated heterocycles. The third-order valence-corrected chi connectivity index (χ3v) is 4.53. The molecule has 1 aliphatic rings. The number of hydrogen-bond acceptors (Lipinski definition) is 6. The zero-order valence-corrected chi connectivity index (χ0v) is 14.5. The number of phenolic OH excluding ortho intramolecular Hbond substituents is 1. The van der Waals surface area contributed by atoms with Crippen molar-refractivity contribution in [3.63, 3.8) is 0 Å². The van der Waals surface area contributed by atoms with Gasteiger partial charge in [-0.05, 0) is 50.6 Å². The number of ether oxygens (including phenoxy) is 1. The van der Waals surface area contributed by atoms with Crippen molar-refractivity contribution in [1.82, 2.24) is 25.3 Å². The molecular formula is C19H21N5O2. The van der Waals surface area contributed by atoms with Crippen LogP contribution in [0.2, 0.25) is 0 Å². The molecule has 26 heavy (non-hydrogen) atoms. The van der Waals surface area contributed by atoms with Gasteiger partial charge in [-0.1, -0.05) is 0 Å². The van der Waals surface area contributed by atoms with Crippen molar-refractivity contribution in [3.05, 3.63) is 48.8 Å². The minimum Gasteiger partial charge on any atom is -0.507 e. The molecule has 0 spiro atoms. The lowest BCUT2D eigenvalue weighted by molar-refractivity contribution is 0.137. The molecule has 0 aliphatic carbocycles. The van der Waals surface area contributed by atoms with Gasteiger partial charge in [0.1, 0.15) is 11.9 Å². The summed E-state index contributed by atoms with van der Waals surface area (Å²) in [5, 5.41) is 26.3. The van der Waals surface area contributed by atoms with E-state index in [4.69, 9.17) is 4.74 Å². The molecular weight excluding hydrogens is 330 g/mol. The molecule has 7 nitrogen and oxygen atoms in total. The van der Waals surface area contributed by atoms with Gasteiger partial charge in [0.2, 0.25) is 5.88 Å². The van der Waals surface area contributed by atoms with Gasteiger partial charge in [0.25, 0.3) is 0 Å². The van der Waals surface area contributed by atoms with Gasteiger partial charge in [0, 0.05) is 36.1 Å². The second-order valence-corrected chi connectivity index (χ2v) is 6.53. The number of hydrogen-bond donors (Lipinski definition) is 2. The Labute approximate surface area is 151 Å². The quantitative estimate of drug-likeness (QED) is 0.751. The largest absolute Gasteiger partial charge is 0.507 e. The highest BCUT2D eigenvalue weighted by atomic mass is 16.5. The summed E-state index contributed by atoms with van der Waals surface area (Å²) in [5.41, 5.74) is 2.00. The summed E-state index contributed by atoms with van der Waals surface area (Å²) < 4.78 is 7.61. The van der Waals surface area contributed by atoms with Crippen molar-refractivity contribution in [3.8, 4) is 28.6 Å². The highest BCUT2D eigenvalue weighted by molar-refractivity contribution is 5.68. The van der Waals surface area contributed by atoms with Gasteiger partial charge in [-0.25, -0.2) is 4.68 Å². The number of aromatic hydroxyl groups is 1. The fraction of sp³-hybridized carbons (Fsp3) is 0.316. The minimum absolute atomic E-state index is 0.133. The second kappa shape index (κ2) is 7.13. The molecule has 0 radical (unpaired) electrons. The van der Waals surface area contributed by atoms with Crippen molar-refractivity contribution in [2.24, 2.45) is 0 Å². The maximum atomic E-state index is 10.4. The highest BCUT2D eigenvalue weighted by Crippen LogP contribution is 2.30. The van der Waals surface area contributed by atoms with Crippen molar-refractivity contribution >= 4 is 0 Å². The summed E-state index contributed by atoms with van der Waals surface area (Å²) in [6, 6.07) is 11.2. The Morgan fingerprint density at radius 2 is 2.15 bits per heavy atom. The molecule has 0 bridgehead atoms. The summed E-state index contributed by atoms with van der Waals surface area (Å²) >= 11 is 0. The van der Waals surface area contributed by atoms with Gasteiger partial charge in [0.15, 0.2) is 0 Å². The van der Waals surface area contributed by atoms with Crippen LogP contribution in [0.3, 0.4) is 0 Å². The molecule has 2 aromatic heterocycles. The molecule has 2 N–H and O–H groups in total. The van der Waals surface area contributed by atoms with Crippen LogP contribution in [-0.4, -0.2) is 43.8 Å². The number of nitrogens with zero attached hydrogens (tertiary/aromatic N) is 4. The van der Waals surface area contributed by atoms with Crippen LogP contribution >= 0.6 is 0 Å². The van der Waals surface area contributed by atoms with E-state index in [0.29, 0.717) is 23.2 Å². The monoisotopic (exact) mass is 351 g/mol. The Kier molecular flexibility index (Phi) is 4.53. The maximum Gasteiger partial charge on any atom is 0.233 e. The molecule has 0 amide bonds. The number of piperidine rings is 1. The van der Waals surface area contributed by atoms with Crippen molar-refractivity contribution < 1.29 is 9.84 Å². The number of aromatic nitrogens is 4. The fourth-order valence-corrected chi connectivity index (χ4v) is 3.19. The summed E-state index contributed by atoms with van der Waals surface area (Å²) in [7, 11) is 0. The molecule has 2 unspecified atom stereocenters. The van der Waals surface area contributed by atoms with E-state index in [2.05, 4.69) is 27.5 Å². The lowest BCUT2D eigenvalue weighted by atomic mass is 10.0. The first-order valence-electron chi connectivity index (χ1n) is 8.76. The molecule has 0 saturated carbocycles. The Balaban J connectivity index is 1.50. The molecule has 1 fully saturated rings. The standard InChI is InChI=1S/C19H21N5O2/c1-13-11-15(7-9-20-13)26-19-6-5-17(22-23-19)16-4-3-14(12-18(16)25)24-10-2-8-21-24/h2-6,8,10,12-13,15,20,25H,7,9,11H2,1H3. The van der Waals surface area contributed by atoms with Gasteiger partial charge in [-0.2, -0.15) is 5.10 Å². The number of benzene rings is 1. The summed E-state index contributed by atoms with van der Waals surface area (Å²) in [6.45, 7) is 3.10. The summed E-state index contributed by atoms with van der Waals surface area (Å²) in [5.74, 6) is 0.647. The van der Waals surface area contributed by atoms with Gasteiger partial charge in [-0.15, -0.1) is 10.2 Å². The third-order valence-electron chi connectivity index (χ3n) is 4.53. The van der Waals surface area contributed by atoms with Crippen LogP contribution in [0, 0.1) is 0 Å². The molecule has 134 valence electrons. The van der Waals surface area contributed by atoms with Gasteiger partial charge >= 0.3 is 0 Å². The lowest BCUT2D eigenvalue weighted by Crippen LogP contribution is -2.40.